The van der Waals surface area contributed by atoms with Crippen molar-refractivity contribution < 1.29 is 4.79 Å². The van der Waals surface area contributed by atoms with E-state index in [9.17, 15) is 4.79 Å². The first kappa shape index (κ1) is 13.2. The number of carbonyl (C=O) groups is 1. The van der Waals surface area contributed by atoms with Crippen LogP contribution in [0.3, 0.4) is 0 Å². The van der Waals surface area contributed by atoms with Crippen LogP contribution in [0.4, 0.5) is 0 Å². The van der Waals surface area contributed by atoms with Crippen molar-refractivity contribution >= 4 is 5.78 Å². The molecule has 1 heterocycles. The zero-order valence-electron chi connectivity index (χ0n) is 11.8. The van der Waals surface area contributed by atoms with Crippen molar-refractivity contribution in [1.82, 2.24) is 15.0 Å². The van der Waals surface area contributed by atoms with Crippen molar-refractivity contribution in [1.29, 1.82) is 0 Å². The lowest BCUT2D eigenvalue weighted by molar-refractivity contribution is -0.126. The van der Waals surface area contributed by atoms with Gasteiger partial charge in [0.15, 0.2) is 0 Å². The second kappa shape index (κ2) is 4.82. The molecule has 18 heavy (non-hydrogen) atoms. The fraction of sp³-hybridized carbons (Fsp3) is 0.786. The van der Waals surface area contributed by atoms with Crippen molar-refractivity contribution in [2.24, 2.45) is 24.3 Å². The Labute approximate surface area is 109 Å². The number of rotatable bonds is 2. The maximum absolute atomic E-state index is 12.0. The SMILES string of the molecule is Cn1cc(CC2CC(C(C)(C)C)CCC2=O)nn1. The number of Topliss-reactive ketones (excluding diaryl/α,β-unsaturated/α-hetero) is 1. The van der Waals surface area contributed by atoms with Gasteiger partial charge in [0, 0.05) is 32.0 Å². The van der Waals surface area contributed by atoms with Crippen molar-refractivity contribution in [2.45, 2.75) is 46.5 Å². The molecule has 1 aromatic heterocycles. The average molecular weight is 249 g/mol. The Morgan fingerprint density at radius 1 is 1.44 bits per heavy atom. The number of nitrogens with zero attached hydrogens (tertiary/aromatic N) is 3. The lowest BCUT2D eigenvalue weighted by Gasteiger charge is -2.36. The number of hydrogen-bond acceptors (Lipinski definition) is 3. The van der Waals surface area contributed by atoms with Crippen LogP contribution in [0.15, 0.2) is 6.20 Å². The molecule has 2 unspecified atom stereocenters. The van der Waals surface area contributed by atoms with Gasteiger partial charge >= 0.3 is 0 Å². The molecule has 1 aromatic rings. The average Bonchev–Trinajstić information content (AvgIpc) is 2.66. The second-order valence-electron chi connectivity index (χ2n) is 6.59. The normalized spacial score (nSPS) is 25.4. The number of aryl methyl sites for hydroxylation is 1. The molecule has 0 saturated heterocycles. The lowest BCUT2D eigenvalue weighted by Crippen LogP contribution is -2.33. The Balaban J connectivity index is 2.04. The summed E-state index contributed by atoms with van der Waals surface area (Å²) in [5.41, 5.74) is 1.23. The van der Waals surface area contributed by atoms with Crippen molar-refractivity contribution in [3.8, 4) is 0 Å². The standard InChI is InChI=1S/C14H23N3O/c1-14(2,3)11-5-6-13(18)10(7-11)8-12-9-17(4)16-15-12/h9-11H,5-8H2,1-4H3. The molecule has 4 nitrogen and oxygen atoms in total. The first-order valence-electron chi connectivity index (χ1n) is 6.74. The molecule has 0 spiro atoms. The van der Waals surface area contributed by atoms with Gasteiger partial charge in [0.2, 0.25) is 0 Å². The summed E-state index contributed by atoms with van der Waals surface area (Å²) in [7, 11) is 1.86. The van der Waals surface area contributed by atoms with Gasteiger partial charge in [0.05, 0.1) is 5.69 Å². The summed E-state index contributed by atoms with van der Waals surface area (Å²) in [4.78, 5) is 12.0. The smallest absolute Gasteiger partial charge is 0.136 e. The summed E-state index contributed by atoms with van der Waals surface area (Å²) in [6.45, 7) is 6.81. The van der Waals surface area contributed by atoms with E-state index in [0.29, 0.717) is 17.1 Å². The number of carbonyl (C=O) groups excluding carboxylic acids is 1. The minimum Gasteiger partial charge on any atom is -0.299 e. The highest BCUT2D eigenvalue weighted by Crippen LogP contribution is 2.39. The summed E-state index contributed by atoms with van der Waals surface area (Å²) in [5, 5.41) is 8.02. The fourth-order valence-corrected chi connectivity index (χ4v) is 2.84. The molecule has 4 heteroatoms. The molecule has 0 bridgehead atoms. The molecule has 0 aliphatic heterocycles. The molecular formula is C14H23N3O. The van der Waals surface area contributed by atoms with Crippen molar-refractivity contribution in [2.75, 3.05) is 0 Å². The van der Waals surface area contributed by atoms with Crippen LogP contribution in [-0.2, 0) is 18.3 Å². The maximum atomic E-state index is 12.0. The molecule has 0 radical (unpaired) electrons. The highest BCUT2D eigenvalue weighted by Gasteiger charge is 2.35. The first-order valence-corrected chi connectivity index (χ1v) is 6.74. The molecule has 1 fully saturated rings. The van der Waals surface area contributed by atoms with Gasteiger partial charge in [-0.1, -0.05) is 26.0 Å². The third-order valence-corrected chi connectivity index (χ3v) is 4.09. The molecule has 1 aliphatic carbocycles. The van der Waals surface area contributed by atoms with E-state index in [1.807, 2.05) is 13.2 Å². The van der Waals surface area contributed by atoms with Crippen LogP contribution in [0, 0.1) is 17.3 Å². The summed E-state index contributed by atoms with van der Waals surface area (Å²) in [6, 6.07) is 0. The molecule has 0 amide bonds. The summed E-state index contributed by atoms with van der Waals surface area (Å²) in [6.07, 6.45) is 5.43. The van der Waals surface area contributed by atoms with Gasteiger partial charge in [-0.2, -0.15) is 0 Å². The quantitative estimate of drug-likeness (QED) is 0.808. The predicted molar refractivity (Wildman–Crippen MR) is 70.0 cm³/mol. The molecular weight excluding hydrogens is 226 g/mol. The Morgan fingerprint density at radius 2 is 2.17 bits per heavy atom. The van der Waals surface area contributed by atoms with Gasteiger partial charge < -0.3 is 0 Å². The third-order valence-electron chi connectivity index (χ3n) is 4.09. The summed E-state index contributed by atoms with van der Waals surface area (Å²) in [5.74, 6) is 1.18. The van der Waals surface area contributed by atoms with Crippen LogP contribution < -0.4 is 0 Å². The third kappa shape index (κ3) is 2.98. The van der Waals surface area contributed by atoms with Gasteiger partial charge in [0.25, 0.3) is 0 Å². The summed E-state index contributed by atoms with van der Waals surface area (Å²) >= 11 is 0. The van der Waals surface area contributed by atoms with Crippen LogP contribution in [0.25, 0.3) is 0 Å². The minimum atomic E-state index is 0.139. The number of aromatic nitrogens is 3. The molecule has 100 valence electrons. The number of ketones is 1. The van der Waals surface area contributed by atoms with Gasteiger partial charge in [0.1, 0.15) is 5.78 Å². The van der Waals surface area contributed by atoms with E-state index in [2.05, 4.69) is 31.1 Å². The lowest BCUT2D eigenvalue weighted by atomic mass is 9.68. The van der Waals surface area contributed by atoms with Crippen molar-refractivity contribution in [3.63, 3.8) is 0 Å². The van der Waals surface area contributed by atoms with Gasteiger partial charge in [-0.15, -0.1) is 5.10 Å². The molecule has 1 aliphatic rings. The Kier molecular flexibility index (Phi) is 3.55. The largest absolute Gasteiger partial charge is 0.299 e. The fourth-order valence-electron chi connectivity index (χ4n) is 2.84. The molecule has 2 rings (SSSR count). The van der Waals surface area contributed by atoms with Crippen LogP contribution in [0.1, 0.15) is 45.7 Å². The van der Waals surface area contributed by atoms with E-state index in [1.165, 1.54) is 0 Å². The van der Waals surface area contributed by atoms with Gasteiger partial charge in [-0.25, -0.2) is 0 Å². The maximum Gasteiger partial charge on any atom is 0.136 e. The van der Waals surface area contributed by atoms with E-state index in [-0.39, 0.29) is 5.92 Å². The highest BCUT2D eigenvalue weighted by atomic mass is 16.1. The topological polar surface area (TPSA) is 47.8 Å². The molecule has 0 aromatic carbocycles. The number of hydrogen-bond donors (Lipinski definition) is 0. The Morgan fingerprint density at radius 3 is 2.72 bits per heavy atom. The predicted octanol–water partition coefficient (Wildman–Crippen LogP) is 2.39. The van der Waals surface area contributed by atoms with E-state index in [1.54, 1.807) is 4.68 Å². The van der Waals surface area contributed by atoms with Crippen LogP contribution in [0.2, 0.25) is 0 Å². The van der Waals surface area contributed by atoms with Gasteiger partial charge in [-0.05, 0) is 24.2 Å². The van der Waals surface area contributed by atoms with Crippen LogP contribution in [0.5, 0.6) is 0 Å². The van der Waals surface area contributed by atoms with Crippen LogP contribution in [-0.4, -0.2) is 20.8 Å². The van der Waals surface area contributed by atoms with Crippen molar-refractivity contribution in [3.05, 3.63) is 11.9 Å². The minimum absolute atomic E-state index is 0.139. The van der Waals surface area contributed by atoms with Gasteiger partial charge in [-0.3, -0.25) is 9.48 Å². The summed E-state index contributed by atoms with van der Waals surface area (Å²) < 4.78 is 1.70. The molecule has 2 atom stereocenters. The zero-order chi connectivity index (χ0) is 13.3. The molecule has 1 saturated carbocycles. The Hall–Kier alpha value is -1.19. The Bertz CT molecular complexity index is 430. The van der Waals surface area contributed by atoms with E-state index in [4.69, 9.17) is 0 Å². The van der Waals surface area contributed by atoms with E-state index >= 15 is 0 Å². The van der Waals surface area contributed by atoms with Crippen LogP contribution >= 0.6 is 0 Å². The molecule has 0 N–H and O–H groups in total. The van der Waals surface area contributed by atoms with E-state index < -0.39 is 0 Å². The second-order valence-corrected chi connectivity index (χ2v) is 6.59. The monoisotopic (exact) mass is 249 g/mol. The first-order chi connectivity index (χ1) is 8.36. The van der Waals surface area contributed by atoms with E-state index in [0.717, 1.165) is 31.4 Å². The highest BCUT2D eigenvalue weighted by molar-refractivity contribution is 5.82. The zero-order valence-corrected chi connectivity index (χ0v) is 11.8.